The molecule has 0 radical (unpaired) electrons. The van der Waals surface area contributed by atoms with Gasteiger partial charge in [0.15, 0.2) is 0 Å². The molecule has 0 atom stereocenters. The van der Waals surface area contributed by atoms with Gasteiger partial charge in [-0.15, -0.1) is 0 Å². The zero-order valence-corrected chi connectivity index (χ0v) is 19.0. The van der Waals surface area contributed by atoms with Gasteiger partial charge < -0.3 is 10.6 Å². The molecular weight excluding hydrogens is 444 g/mol. The Bertz CT molecular complexity index is 1340. The highest BCUT2D eigenvalue weighted by atomic mass is 16.2. The Morgan fingerprint density at radius 3 is 2.29 bits per heavy atom. The lowest BCUT2D eigenvalue weighted by Gasteiger charge is -2.10. The van der Waals surface area contributed by atoms with Crippen LogP contribution >= 0.6 is 0 Å². The molecule has 0 saturated carbocycles. The molecule has 176 valence electrons. The van der Waals surface area contributed by atoms with Gasteiger partial charge in [-0.05, 0) is 36.8 Å². The Balaban J connectivity index is 1.38. The van der Waals surface area contributed by atoms with Gasteiger partial charge in [0.2, 0.25) is 0 Å². The minimum absolute atomic E-state index is 0.283. The smallest absolute Gasteiger partial charge is 0.319 e. The van der Waals surface area contributed by atoms with Crippen molar-refractivity contribution in [1.29, 1.82) is 0 Å². The molecule has 0 fully saturated rings. The number of rotatable bonds is 6. The molecule has 9 nitrogen and oxygen atoms in total. The van der Waals surface area contributed by atoms with Crippen LogP contribution in [-0.4, -0.2) is 34.2 Å². The van der Waals surface area contributed by atoms with Crippen molar-refractivity contribution in [3.63, 3.8) is 0 Å². The summed E-state index contributed by atoms with van der Waals surface area (Å²) in [5.74, 6) is -1.13. The van der Waals surface area contributed by atoms with Crippen LogP contribution < -0.4 is 21.5 Å². The minimum Gasteiger partial charge on any atom is -0.329 e. The number of amides is 4. The molecule has 0 aliphatic rings. The van der Waals surface area contributed by atoms with Crippen LogP contribution in [0.25, 0.3) is 16.9 Å². The van der Waals surface area contributed by atoms with E-state index in [2.05, 4.69) is 26.6 Å². The van der Waals surface area contributed by atoms with E-state index in [0.29, 0.717) is 11.4 Å². The molecule has 0 unspecified atom stereocenters. The molecule has 35 heavy (non-hydrogen) atoms. The largest absolute Gasteiger partial charge is 0.329 e. The monoisotopic (exact) mass is 468 g/mol. The standard InChI is InChI=1S/C26H24N6O3/c1-18-9-8-12-20(15-18)28-26(35)27-16-23(33)29-30-25(34)22-17-32(21-13-6-3-7-14-21)31-24(22)19-10-4-2-5-11-19/h2-15,17H,16H2,1H3,(H,29,33)(H,30,34)(H2,27,28,35). The number of para-hydroxylation sites is 1. The number of aromatic nitrogens is 2. The van der Waals surface area contributed by atoms with E-state index in [1.807, 2.05) is 79.7 Å². The summed E-state index contributed by atoms with van der Waals surface area (Å²) in [4.78, 5) is 37.1. The van der Waals surface area contributed by atoms with Gasteiger partial charge in [-0.3, -0.25) is 20.4 Å². The fourth-order valence-electron chi connectivity index (χ4n) is 3.36. The number of carbonyl (C=O) groups excluding carboxylic acids is 3. The first kappa shape index (κ1) is 23.2. The van der Waals surface area contributed by atoms with E-state index in [0.717, 1.165) is 16.8 Å². The molecule has 4 aromatic rings. The van der Waals surface area contributed by atoms with E-state index in [1.165, 1.54) is 0 Å². The van der Waals surface area contributed by atoms with Gasteiger partial charge in [0.1, 0.15) is 12.2 Å². The number of benzene rings is 3. The summed E-state index contributed by atoms with van der Waals surface area (Å²) < 4.78 is 1.61. The number of anilines is 1. The second-order valence-electron chi connectivity index (χ2n) is 7.72. The first-order chi connectivity index (χ1) is 17.0. The third-order valence-corrected chi connectivity index (χ3v) is 5.03. The summed E-state index contributed by atoms with van der Waals surface area (Å²) >= 11 is 0. The number of urea groups is 1. The quantitative estimate of drug-likeness (QED) is 0.324. The van der Waals surface area contributed by atoms with Crippen molar-refractivity contribution in [2.24, 2.45) is 0 Å². The Morgan fingerprint density at radius 1 is 0.857 bits per heavy atom. The average Bonchev–Trinajstić information content (AvgIpc) is 3.33. The second kappa shape index (κ2) is 10.8. The summed E-state index contributed by atoms with van der Waals surface area (Å²) in [6, 6.07) is 25.4. The van der Waals surface area contributed by atoms with Gasteiger partial charge in [-0.1, -0.05) is 60.7 Å². The maximum absolute atomic E-state index is 12.9. The Morgan fingerprint density at radius 2 is 1.57 bits per heavy atom. The van der Waals surface area contributed by atoms with Gasteiger partial charge in [-0.25, -0.2) is 9.48 Å². The molecule has 3 aromatic carbocycles. The highest BCUT2D eigenvalue weighted by Crippen LogP contribution is 2.23. The zero-order chi connectivity index (χ0) is 24.6. The van der Waals surface area contributed by atoms with Crippen molar-refractivity contribution >= 4 is 23.5 Å². The molecule has 0 aliphatic heterocycles. The fraction of sp³-hybridized carbons (Fsp3) is 0.0769. The molecule has 0 aliphatic carbocycles. The zero-order valence-electron chi connectivity index (χ0n) is 19.0. The first-order valence-electron chi connectivity index (χ1n) is 10.9. The maximum Gasteiger partial charge on any atom is 0.319 e. The average molecular weight is 469 g/mol. The topological polar surface area (TPSA) is 117 Å². The van der Waals surface area contributed by atoms with Crippen LogP contribution in [0.15, 0.2) is 91.1 Å². The number of hydrogen-bond donors (Lipinski definition) is 4. The molecular formula is C26H24N6O3. The molecule has 9 heteroatoms. The Kier molecular flexibility index (Phi) is 7.17. The lowest BCUT2D eigenvalue weighted by molar-refractivity contribution is -0.120. The van der Waals surface area contributed by atoms with Crippen molar-refractivity contribution in [3.05, 3.63) is 102 Å². The van der Waals surface area contributed by atoms with Gasteiger partial charge in [0, 0.05) is 17.4 Å². The van der Waals surface area contributed by atoms with Crippen LogP contribution in [0.4, 0.5) is 10.5 Å². The fourth-order valence-corrected chi connectivity index (χ4v) is 3.36. The summed E-state index contributed by atoms with van der Waals surface area (Å²) in [7, 11) is 0. The van der Waals surface area contributed by atoms with Crippen molar-refractivity contribution in [2.75, 3.05) is 11.9 Å². The number of hydrogen-bond acceptors (Lipinski definition) is 4. The molecule has 4 amide bonds. The van der Waals surface area contributed by atoms with Crippen molar-refractivity contribution in [1.82, 2.24) is 25.9 Å². The second-order valence-corrected chi connectivity index (χ2v) is 7.72. The molecule has 1 aromatic heterocycles. The van der Waals surface area contributed by atoms with E-state index < -0.39 is 17.8 Å². The number of nitrogens with zero attached hydrogens (tertiary/aromatic N) is 2. The van der Waals surface area contributed by atoms with Crippen molar-refractivity contribution < 1.29 is 14.4 Å². The predicted octanol–water partition coefficient (Wildman–Crippen LogP) is 3.43. The van der Waals surface area contributed by atoms with Crippen LogP contribution in [0.1, 0.15) is 15.9 Å². The summed E-state index contributed by atoms with van der Waals surface area (Å²) in [5, 5.41) is 9.67. The lowest BCUT2D eigenvalue weighted by Crippen LogP contribution is -2.47. The van der Waals surface area contributed by atoms with E-state index in [9.17, 15) is 14.4 Å². The number of hydrazine groups is 1. The third-order valence-electron chi connectivity index (χ3n) is 5.03. The SMILES string of the molecule is Cc1cccc(NC(=O)NCC(=O)NNC(=O)c2cn(-c3ccccc3)nc2-c2ccccc2)c1. The highest BCUT2D eigenvalue weighted by molar-refractivity contribution is 6.01. The molecule has 0 saturated heterocycles. The van der Waals surface area contributed by atoms with Gasteiger partial charge in [0.25, 0.3) is 11.8 Å². The van der Waals surface area contributed by atoms with Crippen LogP contribution in [0.3, 0.4) is 0 Å². The van der Waals surface area contributed by atoms with E-state index in [-0.39, 0.29) is 12.1 Å². The Labute approximate surface area is 202 Å². The first-order valence-corrected chi connectivity index (χ1v) is 10.9. The predicted molar refractivity (Wildman–Crippen MR) is 133 cm³/mol. The van der Waals surface area contributed by atoms with Crippen LogP contribution in [0.2, 0.25) is 0 Å². The van der Waals surface area contributed by atoms with E-state index in [1.54, 1.807) is 23.0 Å². The Hall–Kier alpha value is -4.92. The van der Waals surface area contributed by atoms with Crippen LogP contribution in [-0.2, 0) is 4.79 Å². The summed E-state index contributed by atoms with van der Waals surface area (Å²) in [5.41, 5.74) is 8.61. The van der Waals surface area contributed by atoms with Gasteiger partial charge >= 0.3 is 6.03 Å². The maximum atomic E-state index is 12.9. The summed E-state index contributed by atoms with van der Waals surface area (Å²) in [6.07, 6.45) is 1.60. The van der Waals surface area contributed by atoms with E-state index in [4.69, 9.17) is 0 Å². The number of nitrogens with one attached hydrogen (secondary N) is 4. The third kappa shape index (κ3) is 6.11. The molecule has 0 spiro atoms. The normalized spacial score (nSPS) is 10.3. The minimum atomic E-state index is -0.588. The van der Waals surface area contributed by atoms with Crippen LogP contribution in [0.5, 0.6) is 0 Å². The van der Waals surface area contributed by atoms with Gasteiger partial charge in [0.05, 0.1) is 11.3 Å². The molecule has 4 rings (SSSR count). The number of aryl methyl sites for hydroxylation is 1. The summed E-state index contributed by atoms with van der Waals surface area (Å²) in [6.45, 7) is 1.58. The van der Waals surface area contributed by atoms with Gasteiger partial charge in [-0.2, -0.15) is 5.10 Å². The van der Waals surface area contributed by atoms with E-state index >= 15 is 0 Å². The highest BCUT2D eigenvalue weighted by Gasteiger charge is 2.19. The molecule has 0 bridgehead atoms. The molecule has 4 N–H and O–H groups in total. The molecule has 1 heterocycles. The van der Waals surface area contributed by atoms with Crippen molar-refractivity contribution in [3.8, 4) is 16.9 Å². The number of carbonyl (C=O) groups is 3. The van der Waals surface area contributed by atoms with Crippen molar-refractivity contribution in [2.45, 2.75) is 6.92 Å². The lowest BCUT2D eigenvalue weighted by atomic mass is 10.1. The van der Waals surface area contributed by atoms with Crippen LogP contribution in [0, 0.1) is 6.92 Å².